The van der Waals surface area contributed by atoms with E-state index in [2.05, 4.69) is 41.2 Å². The van der Waals surface area contributed by atoms with Crippen molar-refractivity contribution in [2.24, 2.45) is 13.0 Å². The monoisotopic (exact) mass is 271 g/mol. The lowest BCUT2D eigenvalue weighted by atomic mass is 9.87. The van der Waals surface area contributed by atoms with E-state index in [9.17, 15) is 0 Å². The van der Waals surface area contributed by atoms with Crippen molar-refractivity contribution in [3.8, 4) is 0 Å². The Morgan fingerprint density at radius 3 is 2.80 bits per heavy atom. The first-order valence-electron chi connectivity index (χ1n) is 7.95. The van der Waals surface area contributed by atoms with Gasteiger partial charge in [-0.15, -0.1) is 0 Å². The van der Waals surface area contributed by atoms with Crippen LogP contribution in [-0.4, -0.2) is 16.1 Å². The number of para-hydroxylation sites is 2. The van der Waals surface area contributed by atoms with Crippen LogP contribution in [0.1, 0.15) is 44.3 Å². The highest BCUT2D eigenvalue weighted by Crippen LogP contribution is 2.25. The number of hydrogen-bond donors (Lipinski definition) is 1. The zero-order chi connectivity index (χ0) is 13.8. The van der Waals surface area contributed by atoms with Crippen LogP contribution in [0.25, 0.3) is 11.0 Å². The number of nitrogens with one attached hydrogen (secondary N) is 1. The van der Waals surface area contributed by atoms with Gasteiger partial charge in [-0.1, -0.05) is 44.2 Å². The van der Waals surface area contributed by atoms with Crippen molar-refractivity contribution in [1.82, 2.24) is 14.9 Å². The van der Waals surface area contributed by atoms with Crippen LogP contribution < -0.4 is 5.32 Å². The topological polar surface area (TPSA) is 29.9 Å². The Kier molecular flexibility index (Phi) is 4.36. The van der Waals surface area contributed by atoms with E-state index >= 15 is 0 Å². The molecule has 0 spiro atoms. The number of imidazole rings is 1. The van der Waals surface area contributed by atoms with Crippen LogP contribution in [0.4, 0.5) is 0 Å². The molecule has 1 fully saturated rings. The third kappa shape index (κ3) is 3.04. The highest BCUT2D eigenvalue weighted by molar-refractivity contribution is 5.75. The maximum atomic E-state index is 4.70. The van der Waals surface area contributed by atoms with Crippen LogP contribution in [0.15, 0.2) is 24.3 Å². The predicted molar refractivity (Wildman–Crippen MR) is 83.6 cm³/mol. The smallest absolute Gasteiger partial charge is 0.123 e. The number of aromatic nitrogens is 2. The number of fused-ring (bicyclic) bond motifs is 1. The lowest BCUT2D eigenvalue weighted by molar-refractivity contribution is 0.333. The Hall–Kier alpha value is -1.35. The summed E-state index contributed by atoms with van der Waals surface area (Å²) in [4.78, 5) is 4.70. The Morgan fingerprint density at radius 1 is 1.20 bits per heavy atom. The van der Waals surface area contributed by atoms with Crippen molar-refractivity contribution in [2.75, 3.05) is 6.54 Å². The van der Waals surface area contributed by atoms with Crippen LogP contribution in [-0.2, 0) is 13.6 Å². The molecule has 0 amide bonds. The first-order valence-corrected chi connectivity index (χ1v) is 7.95. The van der Waals surface area contributed by atoms with E-state index in [1.54, 1.807) is 0 Å². The molecule has 0 aliphatic heterocycles. The molecule has 1 saturated carbocycles. The minimum absolute atomic E-state index is 0.873. The fourth-order valence-electron chi connectivity index (χ4n) is 3.34. The van der Waals surface area contributed by atoms with E-state index in [4.69, 9.17) is 4.98 Å². The number of aryl methyl sites for hydroxylation is 1. The van der Waals surface area contributed by atoms with Gasteiger partial charge in [0.05, 0.1) is 17.6 Å². The van der Waals surface area contributed by atoms with Crippen LogP contribution >= 0.6 is 0 Å². The molecular formula is C17H25N3. The van der Waals surface area contributed by atoms with E-state index < -0.39 is 0 Å². The number of rotatable bonds is 5. The minimum Gasteiger partial charge on any atom is -0.330 e. The Labute approximate surface area is 121 Å². The zero-order valence-corrected chi connectivity index (χ0v) is 12.4. The van der Waals surface area contributed by atoms with Crippen LogP contribution in [0.2, 0.25) is 0 Å². The molecule has 0 unspecified atom stereocenters. The zero-order valence-electron chi connectivity index (χ0n) is 12.4. The van der Waals surface area contributed by atoms with Gasteiger partial charge in [-0.25, -0.2) is 4.98 Å². The summed E-state index contributed by atoms with van der Waals surface area (Å²) in [5.41, 5.74) is 2.32. The van der Waals surface area contributed by atoms with Gasteiger partial charge in [0.1, 0.15) is 5.82 Å². The summed E-state index contributed by atoms with van der Waals surface area (Å²) in [6.07, 6.45) is 8.53. The third-order valence-corrected chi connectivity index (χ3v) is 4.62. The van der Waals surface area contributed by atoms with E-state index in [-0.39, 0.29) is 0 Å². The fourth-order valence-corrected chi connectivity index (χ4v) is 3.34. The van der Waals surface area contributed by atoms with E-state index in [0.717, 1.165) is 30.3 Å². The molecule has 2 aromatic rings. The average molecular weight is 271 g/mol. The molecule has 3 rings (SSSR count). The van der Waals surface area contributed by atoms with Crippen molar-refractivity contribution < 1.29 is 0 Å². The first kappa shape index (κ1) is 13.6. The summed E-state index contributed by atoms with van der Waals surface area (Å²) in [6.45, 7) is 1.99. The molecule has 3 nitrogen and oxygen atoms in total. The molecule has 1 aliphatic rings. The molecule has 1 heterocycles. The predicted octanol–water partition coefficient (Wildman–Crippen LogP) is 3.63. The molecule has 1 aromatic heterocycles. The summed E-state index contributed by atoms with van der Waals surface area (Å²) in [5.74, 6) is 2.09. The van der Waals surface area contributed by atoms with Crippen LogP contribution in [0.3, 0.4) is 0 Å². The van der Waals surface area contributed by atoms with E-state index in [1.807, 2.05) is 0 Å². The van der Waals surface area contributed by atoms with E-state index in [0.29, 0.717) is 0 Å². The largest absolute Gasteiger partial charge is 0.330 e. The Morgan fingerprint density at radius 2 is 2.00 bits per heavy atom. The van der Waals surface area contributed by atoms with Gasteiger partial charge in [0.15, 0.2) is 0 Å². The summed E-state index contributed by atoms with van der Waals surface area (Å²) in [5, 5.41) is 3.57. The van der Waals surface area contributed by atoms with Gasteiger partial charge in [-0.2, -0.15) is 0 Å². The lowest BCUT2D eigenvalue weighted by Gasteiger charge is -2.21. The molecule has 3 heteroatoms. The van der Waals surface area contributed by atoms with Crippen molar-refractivity contribution in [2.45, 2.75) is 45.1 Å². The van der Waals surface area contributed by atoms with Crippen molar-refractivity contribution in [3.63, 3.8) is 0 Å². The van der Waals surface area contributed by atoms with Crippen molar-refractivity contribution >= 4 is 11.0 Å². The summed E-state index contributed by atoms with van der Waals surface area (Å²) in [6, 6.07) is 8.34. The lowest BCUT2D eigenvalue weighted by Crippen LogP contribution is -2.20. The highest BCUT2D eigenvalue weighted by atomic mass is 15.1. The van der Waals surface area contributed by atoms with Crippen molar-refractivity contribution in [3.05, 3.63) is 30.1 Å². The van der Waals surface area contributed by atoms with Crippen LogP contribution in [0.5, 0.6) is 0 Å². The van der Waals surface area contributed by atoms with Gasteiger partial charge >= 0.3 is 0 Å². The second kappa shape index (κ2) is 6.40. The molecule has 1 aliphatic carbocycles. The SMILES string of the molecule is Cn1c(CNCCC2CCCCC2)nc2ccccc21. The number of hydrogen-bond acceptors (Lipinski definition) is 2. The number of benzene rings is 1. The Balaban J connectivity index is 1.51. The highest BCUT2D eigenvalue weighted by Gasteiger charge is 2.13. The van der Waals surface area contributed by atoms with E-state index in [1.165, 1.54) is 44.0 Å². The second-order valence-electron chi connectivity index (χ2n) is 6.05. The Bertz CT molecular complexity index is 552. The summed E-state index contributed by atoms with van der Waals surface area (Å²) >= 11 is 0. The van der Waals surface area contributed by atoms with Gasteiger partial charge < -0.3 is 9.88 Å². The molecule has 0 saturated heterocycles. The molecular weight excluding hydrogens is 246 g/mol. The molecule has 1 N–H and O–H groups in total. The fraction of sp³-hybridized carbons (Fsp3) is 0.588. The summed E-state index contributed by atoms with van der Waals surface area (Å²) < 4.78 is 2.20. The van der Waals surface area contributed by atoms with Gasteiger partial charge in [-0.05, 0) is 31.0 Å². The maximum Gasteiger partial charge on any atom is 0.123 e. The van der Waals surface area contributed by atoms with Gasteiger partial charge in [0.25, 0.3) is 0 Å². The van der Waals surface area contributed by atoms with Gasteiger partial charge in [0, 0.05) is 7.05 Å². The van der Waals surface area contributed by atoms with Gasteiger partial charge in [0.2, 0.25) is 0 Å². The molecule has 0 bridgehead atoms. The molecule has 108 valence electrons. The van der Waals surface area contributed by atoms with Crippen molar-refractivity contribution in [1.29, 1.82) is 0 Å². The van der Waals surface area contributed by atoms with Gasteiger partial charge in [-0.3, -0.25) is 0 Å². The summed E-state index contributed by atoms with van der Waals surface area (Å²) in [7, 11) is 2.10. The van der Waals surface area contributed by atoms with Crippen LogP contribution in [0, 0.1) is 5.92 Å². The molecule has 20 heavy (non-hydrogen) atoms. The molecule has 0 radical (unpaired) electrons. The normalized spacial score (nSPS) is 16.9. The standard InChI is InChI=1S/C17H25N3/c1-20-16-10-6-5-9-15(16)19-17(20)13-18-12-11-14-7-3-2-4-8-14/h5-6,9-10,14,18H,2-4,7-8,11-13H2,1H3. The maximum absolute atomic E-state index is 4.70. The second-order valence-corrected chi connectivity index (χ2v) is 6.05. The number of nitrogens with zero attached hydrogens (tertiary/aromatic N) is 2. The molecule has 1 aromatic carbocycles. The average Bonchev–Trinajstić information content (AvgIpc) is 2.82. The minimum atomic E-state index is 0.873. The first-order chi connectivity index (χ1) is 9.84. The molecule has 0 atom stereocenters. The third-order valence-electron chi connectivity index (χ3n) is 4.62. The quantitative estimate of drug-likeness (QED) is 0.842.